The monoisotopic (exact) mass is 180 g/mol. The number of anilines is 2. The Bertz CT molecular complexity index is 304. The molecule has 2 rings (SSSR count). The highest BCUT2D eigenvalue weighted by molar-refractivity contribution is 5.67. The highest BCUT2D eigenvalue weighted by Gasteiger charge is 2.33. The van der Waals surface area contributed by atoms with Crippen LogP contribution in [0.4, 0.5) is 15.8 Å². The van der Waals surface area contributed by atoms with Crippen LogP contribution in [0.15, 0.2) is 18.2 Å². The van der Waals surface area contributed by atoms with Crippen LogP contribution in [0.3, 0.4) is 0 Å². The molecule has 70 valence electrons. The fraction of sp³-hybridized carbons (Fsp3) is 0.400. The van der Waals surface area contributed by atoms with Crippen molar-refractivity contribution in [1.29, 1.82) is 0 Å². The molecule has 1 aromatic carbocycles. The van der Waals surface area contributed by atoms with Gasteiger partial charge in [0.25, 0.3) is 0 Å². The third-order valence-corrected chi connectivity index (χ3v) is 2.49. The van der Waals surface area contributed by atoms with E-state index in [1.165, 1.54) is 6.07 Å². The van der Waals surface area contributed by atoms with Crippen LogP contribution in [0.5, 0.6) is 0 Å². The minimum atomic E-state index is -0.265. The lowest BCUT2D eigenvalue weighted by Gasteiger charge is -2.08. The molecule has 0 radical (unpaired) electrons. The Kier molecular flexibility index (Phi) is 1.87. The van der Waals surface area contributed by atoms with E-state index in [1.807, 2.05) is 0 Å². The van der Waals surface area contributed by atoms with Gasteiger partial charge in [-0.1, -0.05) is 13.0 Å². The number of para-hydroxylation sites is 1. The normalized spacial score (nSPS) is 25.7. The molecule has 0 spiro atoms. The molecule has 1 aliphatic rings. The summed E-state index contributed by atoms with van der Waals surface area (Å²) in [6.07, 6.45) is 1.10. The SMILES string of the molecule is CC1CC1Nc1c(N)cccc1F. The van der Waals surface area contributed by atoms with Gasteiger partial charge in [0, 0.05) is 6.04 Å². The van der Waals surface area contributed by atoms with Gasteiger partial charge in [-0.15, -0.1) is 0 Å². The van der Waals surface area contributed by atoms with Crippen LogP contribution in [0, 0.1) is 11.7 Å². The predicted molar refractivity (Wildman–Crippen MR) is 52.0 cm³/mol. The van der Waals surface area contributed by atoms with Crippen LogP contribution in [0.1, 0.15) is 13.3 Å². The number of rotatable bonds is 2. The van der Waals surface area contributed by atoms with Gasteiger partial charge in [-0.25, -0.2) is 4.39 Å². The Morgan fingerprint density at radius 2 is 2.23 bits per heavy atom. The van der Waals surface area contributed by atoms with Crippen molar-refractivity contribution in [3.8, 4) is 0 Å². The van der Waals surface area contributed by atoms with Gasteiger partial charge < -0.3 is 11.1 Å². The van der Waals surface area contributed by atoms with Crippen LogP contribution < -0.4 is 11.1 Å². The molecule has 2 unspecified atom stereocenters. The fourth-order valence-corrected chi connectivity index (χ4v) is 1.40. The minimum Gasteiger partial charge on any atom is -0.397 e. The highest BCUT2D eigenvalue weighted by Crippen LogP contribution is 2.35. The standard InChI is InChI=1S/C10H13FN2/c1-6-5-9(6)13-10-7(11)3-2-4-8(10)12/h2-4,6,9,13H,5,12H2,1H3. The van der Waals surface area contributed by atoms with Crippen molar-refractivity contribution in [2.24, 2.45) is 5.92 Å². The van der Waals surface area contributed by atoms with Gasteiger partial charge in [-0.05, 0) is 24.5 Å². The number of nitrogens with one attached hydrogen (secondary N) is 1. The second-order valence-corrected chi connectivity index (χ2v) is 3.67. The molecule has 0 aromatic heterocycles. The molecule has 1 fully saturated rings. The summed E-state index contributed by atoms with van der Waals surface area (Å²) >= 11 is 0. The van der Waals surface area contributed by atoms with E-state index in [0.29, 0.717) is 23.3 Å². The van der Waals surface area contributed by atoms with Crippen LogP contribution in [0.2, 0.25) is 0 Å². The molecule has 3 heteroatoms. The Morgan fingerprint density at radius 1 is 1.54 bits per heavy atom. The zero-order valence-corrected chi connectivity index (χ0v) is 7.55. The van der Waals surface area contributed by atoms with E-state index in [2.05, 4.69) is 12.2 Å². The number of nitrogen functional groups attached to an aromatic ring is 1. The maximum Gasteiger partial charge on any atom is 0.148 e. The van der Waals surface area contributed by atoms with E-state index in [4.69, 9.17) is 5.73 Å². The second kappa shape index (κ2) is 2.91. The molecule has 13 heavy (non-hydrogen) atoms. The number of nitrogens with two attached hydrogens (primary N) is 1. The van der Waals surface area contributed by atoms with Gasteiger partial charge in [-0.3, -0.25) is 0 Å². The molecule has 1 aromatic rings. The number of hydrogen-bond acceptors (Lipinski definition) is 2. The molecule has 1 aliphatic carbocycles. The van der Waals surface area contributed by atoms with Crippen LogP contribution in [-0.2, 0) is 0 Å². The van der Waals surface area contributed by atoms with Crippen molar-refractivity contribution in [1.82, 2.24) is 0 Å². The molecule has 3 N–H and O–H groups in total. The first-order valence-electron chi connectivity index (χ1n) is 4.49. The summed E-state index contributed by atoms with van der Waals surface area (Å²) in [6.45, 7) is 2.13. The van der Waals surface area contributed by atoms with Gasteiger partial charge in [0.15, 0.2) is 0 Å². The first-order chi connectivity index (χ1) is 6.18. The smallest absolute Gasteiger partial charge is 0.148 e. The van der Waals surface area contributed by atoms with E-state index in [0.717, 1.165) is 6.42 Å². The highest BCUT2D eigenvalue weighted by atomic mass is 19.1. The van der Waals surface area contributed by atoms with E-state index in [9.17, 15) is 4.39 Å². The zero-order chi connectivity index (χ0) is 9.42. The van der Waals surface area contributed by atoms with E-state index in [1.54, 1.807) is 12.1 Å². The third-order valence-electron chi connectivity index (χ3n) is 2.49. The summed E-state index contributed by atoms with van der Waals surface area (Å²) in [6, 6.07) is 5.15. The van der Waals surface area contributed by atoms with Crippen molar-refractivity contribution in [3.63, 3.8) is 0 Å². The summed E-state index contributed by atoms with van der Waals surface area (Å²) in [5.74, 6) is 0.373. The summed E-state index contributed by atoms with van der Waals surface area (Å²) in [5.41, 5.74) is 6.58. The average Bonchev–Trinajstić information content (AvgIpc) is 2.75. The summed E-state index contributed by atoms with van der Waals surface area (Å²) < 4.78 is 13.2. The maximum atomic E-state index is 13.2. The molecule has 2 nitrogen and oxygen atoms in total. The predicted octanol–water partition coefficient (Wildman–Crippen LogP) is 2.23. The van der Waals surface area contributed by atoms with Gasteiger partial charge in [0.05, 0.1) is 11.4 Å². The molecule has 0 heterocycles. The topological polar surface area (TPSA) is 38.0 Å². The van der Waals surface area contributed by atoms with Crippen LogP contribution in [0.25, 0.3) is 0 Å². The van der Waals surface area contributed by atoms with Crippen molar-refractivity contribution in [2.45, 2.75) is 19.4 Å². The number of benzene rings is 1. The quantitative estimate of drug-likeness (QED) is 0.685. The molecule has 0 bridgehead atoms. The summed E-state index contributed by atoms with van der Waals surface area (Å²) in [7, 11) is 0. The van der Waals surface area contributed by atoms with E-state index >= 15 is 0 Å². The first-order valence-corrected chi connectivity index (χ1v) is 4.49. The average molecular weight is 180 g/mol. The third kappa shape index (κ3) is 1.59. The molecular weight excluding hydrogens is 167 g/mol. The number of hydrogen-bond donors (Lipinski definition) is 2. The second-order valence-electron chi connectivity index (χ2n) is 3.67. The van der Waals surface area contributed by atoms with Crippen molar-refractivity contribution in [3.05, 3.63) is 24.0 Å². The largest absolute Gasteiger partial charge is 0.397 e. The molecule has 0 saturated heterocycles. The van der Waals surface area contributed by atoms with Crippen molar-refractivity contribution < 1.29 is 4.39 Å². The van der Waals surface area contributed by atoms with Gasteiger partial charge in [0.1, 0.15) is 5.82 Å². The fourth-order valence-electron chi connectivity index (χ4n) is 1.40. The lowest BCUT2D eigenvalue weighted by atomic mass is 10.2. The number of halogens is 1. The Hall–Kier alpha value is -1.25. The summed E-state index contributed by atoms with van der Waals surface area (Å²) in [4.78, 5) is 0. The van der Waals surface area contributed by atoms with Crippen molar-refractivity contribution in [2.75, 3.05) is 11.1 Å². The minimum absolute atomic E-state index is 0.265. The van der Waals surface area contributed by atoms with Gasteiger partial charge in [-0.2, -0.15) is 0 Å². The zero-order valence-electron chi connectivity index (χ0n) is 7.55. The molecular formula is C10H13FN2. The van der Waals surface area contributed by atoms with Gasteiger partial charge >= 0.3 is 0 Å². The Morgan fingerprint density at radius 3 is 2.77 bits per heavy atom. The molecule has 1 saturated carbocycles. The molecule has 0 aliphatic heterocycles. The van der Waals surface area contributed by atoms with Crippen LogP contribution in [-0.4, -0.2) is 6.04 Å². The van der Waals surface area contributed by atoms with E-state index in [-0.39, 0.29) is 5.82 Å². The summed E-state index contributed by atoms with van der Waals surface area (Å²) in [5, 5.41) is 3.10. The molecule has 0 amide bonds. The molecule has 2 atom stereocenters. The first kappa shape index (κ1) is 8.35. The lowest BCUT2D eigenvalue weighted by Crippen LogP contribution is -2.07. The van der Waals surface area contributed by atoms with Crippen LogP contribution >= 0.6 is 0 Å². The Balaban J connectivity index is 2.18. The van der Waals surface area contributed by atoms with Gasteiger partial charge in [0.2, 0.25) is 0 Å². The van der Waals surface area contributed by atoms with Crippen molar-refractivity contribution >= 4 is 11.4 Å². The Labute approximate surface area is 76.9 Å². The maximum absolute atomic E-state index is 13.2. The lowest BCUT2D eigenvalue weighted by molar-refractivity contribution is 0.630. The van der Waals surface area contributed by atoms with E-state index < -0.39 is 0 Å².